The van der Waals surface area contributed by atoms with Crippen molar-refractivity contribution in [2.24, 2.45) is 0 Å². The number of rotatable bonds is 6. The molecule has 0 saturated heterocycles. The molecule has 0 aliphatic heterocycles. The van der Waals surface area contributed by atoms with E-state index < -0.39 is 17.5 Å². The number of nitrogens with two attached hydrogens (primary N) is 1. The third kappa shape index (κ3) is 3.96. The summed E-state index contributed by atoms with van der Waals surface area (Å²) in [6.07, 6.45) is 1.48. The van der Waals surface area contributed by atoms with Gasteiger partial charge < -0.3 is 15.8 Å². The minimum Gasteiger partial charge on any atom is -0.396 e. The lowest BCUT2D eigenvalue weighted by Gasteiger charge is -2.07. The molecule has 0 radical (unpaired) electrons. The highest BCUT2D eigenvalue weighted by Crippen LogP contribution is 2.17. The molecule has 4 nitrogen and oxygen atoms in total. The van der Waals surface area contributed by atoms with Crippen LogP contribution in [0.25, 0.3) is 0 Å². The minimum atomic E-state index is -0.897. The summed E-state index contributed by atoms with van der Waals surface area (Å²) in [5.41, 5.74) is 4.49. The Balaban J connectivity index is 2.56. The van der Waals surface area contributed by atoms with Gasteiger partial charge in [0.1, 0.15) is 5.82 Å². The number of ether oxygens (including phenoxy) is 1. The topological polar surface area (TPSA) is 64.3 Å². The summed E-state index contributed by atoms with van der Waals surface area (Å²) in [6, 6.07) is 1.67. The van der Waals surface area contributed by atoms with E-state index in [1.165, 1.54) is 0 Å². The lowest BCUT2D eigenvalue weighted by Crippen LogP contribution is -2.26. The van der Waals surface area contributed by atoms with Crippen LogP contribution in [0.2, 0.25) is 0 Å². The molecule has 0 atom stereocenters. The maximum absolute atomic E-state index is 13.5. The second kappa shape index (κ2) is 6.90. The van der Waals surface area contributed by atoms with Gasteiger partial charge in [-0.25, -0.2) is 8.78 Å². The van der Waals surface area contributed by atoms with Crippen LogP contribution in [0.1, 0.15) is 23.2 Å². The molecule has 0 fully saturated rings. The van der Waals surface area contributed by atoms with Crippen molar-refractivity contribution >= 4 is 11.6 Å². The molecule has 1 aromatic carbocycles. The van der Waals surface area contributed by atoms with E-state index in [0.717, 1.165) is 18.6 Å². The number of nitrogens with one attached hydrogen (secondary N) is 1. The van der Waals surface area contributed by atoms with E-state index in [1.54, 1.807) is 7.11 Å². The molecule has 1 aromatic rings. The number of anilines is 1. The molecule has 1 rings (SSSR count). The van der Waals surface area contributed by atoms with E-state index >= 15 is 0 Å². The predicted molar refractivity (Wildman–Crippen MR) is 64.2 cm³/mol. The van der Waals surface area contributed by atoms with Crippen molar-refractivity contribution in [3.8, 4) is 0 Å². The minimum absolute atomic E-state index is 0.373. The largest absolute Gasteiger partial charge is 0.396 e. The molecule has 0 aliphatic rings. The molecule has 1 amide bonds. The van der Waals surface area contributed by atoms with Gasteiger partial charge in [0.15, 0.2) is 5.82 Å². The van der Waals surface area contributed by atoms with Crippen molar-refractivity contribution in [1.82, 2.24) is 5.32 Å². The SMILES string of the molecule is COCCCCNC(=O)c1cc(F)cc(N)c1F. The maximum atomic E-state index is 13.5. The van der Waals surface area contributed by atoms with Crippen LogP contribution in [0.15, 0.2) is 12.1 Å². The van der Waals surface area contributed by atoms with E-state index in [4.69, 9.17) is 10.5 Å². The lowest BCUT2D eigenvalue weighted by molar-refractivity contribution is 0.0947. The number of hydrogen-bond donors (Lipinski definition) is 2. The van der Waals surface area contributed by atoms with Crippen LogP contribution in [-0.4, -0.2) is 26.2 Å². The zero-order valence-corrected chi connectivity index (χ0v) is 10.1. The molecule has 6 heteroatoms. The number of carbonyl (C=O) groups is 1. The normalized spacial score (nSPS) is 10.4. The number of carbonyl (C=O) groups excluding carboxylic acids is 1. The van der Waals surface area contributed by atoms with Crippen molar-refractivity contribution in [2.45, 2.75) is 12.8 Å². The fourth-order valence-corrected chi connectivity index (χ4v) is 1.44. The van der Waals surface area contributed by atoms with Gasteiger partial charge >= 0.3 is 0 Å². The summed E-state index contributed by atoms with van der Waals surface area (Å²) < 4.78 is 31.3. The average Bonchev–Trinajstić information content (AvgIpc) is 2.33. The zero-order chi connectivity index (χ0) is 13.5. The first-order valence-electron chi connectivity index (χ1n) is 5.58. The van der Waals surface area contributed by atoms with Gasteiger partial charge in [0, 0.05) is 20.3 Å². The fourth-order valence-electron chi connectivity index (χ4n) is 1.44. The number of nitrogen functional groups attached to an aromatic ring is 1. The van der Waals surface area contributed by atoms with Crippen LogP contribution >= 0.6 is 0 Å². The highest BCUT2D eigenvalue weighted by Gasteiger charge is 2.15. The van der Waals surface area contributed by atoms with Gasteiger partial charge in [0.25, 0.3) is 5.91 Å². The quantitative estimate of drug-likeness (QED) is 0.603. The summed E-state index contributed by atoms with van der Waals surface area (Å²) in [6.45, 7) is 0.967. The summed E-state index contributed by atoms with van der Waals surface area (Å²) in [4.78, 5) is 11.6. The second-order valence-corrected chi connectivity index (χ2v) is 3.81. The smallest absolute Gasteiger partial charge is 0.254 e. The molecule has 3 N–H and O–H groups in total. The van der Waals surface area contributed by atoms with Gasteiger partial charge in [-0.15, -0.1) is 0 Å². The van der Waals surface area contributed by atoms with Crippen LogP contribution in [0, 0.1) is 11.6 Å². The van der Waals surface area contributed by atoms with E-state index in [1.807, 2.05) is 0 Å². The van der Waals surface area contributed by atoms with E-state index in [9.17, 15) is 13.6 Å². The third-order valence-electron chi connectivity index (χ3n) is 2.37. The Morgan fingerprint density at radius 1 is 1.39 bits per heavy atom. The van der Waals surface area contributed by atoms with Gasteiger partial charge in [0.2, 0.25) is 0 Å². The summed E-state index contributed by atoms with van der Waals surface area (Å²) in [7, 11) is 1.59. The Labute approximate surface area is 104 Å². The Kier molecular flexibility index (Phi) is 5.51. The van der Waals surface area contributed by atoms with E-state index in [2.05, 4.69) is 5.32 Å². The third-order valence-corrected chi connectivity index (χ3v) is 2.37. The Bertz CT molecular complexity index is 425. The van der Waals surface area contributed by atoms with Crippen molar-refractivity contribution in [2.75, 3.05) is 26.0 Å². The van der Waals surface area contributed by atoms with Crippen molar-refractivity contribution in [1.29, 1.82) is 0 Å². The number of amides is 1. The van der Waals surface area contributed by atoms with Gasteiger partial charge in [-0.3, -0.25) is 4.79 Å². The summed E-state index contributed by atoms with van der Waals surface area (Å²) in [5.74, 6) is -2.31. The fraction of sp³-hybridized carbons (Fsp3) is 0.417. The van der Waals surface area contributed by atoms with Crippen LogP contribution in [0.3, 0.4) is 0 Å². The summed E-state index contributed by atoms with van der Waals surface area (Å²) in [5, 5.41) is 2.50. The van der Waals surface area contributed by atoms with Gasteiger partial charge in [0.05, 0.1) is 11.3 Å². The van der Waals surface area contributed by atoms with Crippen molar-refractivity contribution < 1.29 is 18.3 Å². The monoisotopic (exact) mass is 258 g/mol. The number of benzene rings is 1. The van der Waals surface area contributed by atoms with Crippen molar-refractivity contribution in [3.63, 3.8) is 0 Å². The molecule has 0 saturated carbocycles. The number of hydrogen-bond acceptors (Lipinski definition) is 3. The first-order chi connectivity index (χ1) is 8.56. The van der Waals surface area contributed by atoms with Gasteiger partial charge in [-0.1, -0.05) is 0 Å². The van der Waals surface area contributed by atoms with Crippen molar-refractivity contribution in [3.05, 3.63) is 29.3 Å². The standard InChI is InChI=1S/C12H16F2N2O2/c1-18-5-3-2-4-16-12(17)9-6-8(13)7-10(15)11(9)14/h6-7H,2-5,15H2,1H3,(H,16,17). The molecular formula is C12H16F2N2O2. The van der Waals surface area contributed by atoms with Gasteiger partial charge in [-0.05, 0) is 25.0 Å². The predicted octanol–water partition coefficient (Wildman–Crippen LogP) is 1.70. The van der Waals surface area contributed by atoms with E-state index in [0.29, 0.717) is 19.6 Å². The Morgan fingerprint density at radius 2 is 2.11 bits per heavy atom. The van der Waals surface area contributed by atoms with Crippen LogP contribution in [0.4, 0.5) is 14.5 Å². The maximum Gasteiger partial charge on any atom is 0.254 e. The molecule has 0 unspecified atom stereocenters. The summed E-state index contributed by atoms with van der Waals surface area (Å²) >= 11 is 0. The Morgan fingerprint density at radius 3 is 2.78 bits per heavy atom. The second-order valence-electron chi connectivity index (χ2n) is 3.81. The van der Waals surface area contributed by atoms with Crippen LogP contribution in [-0.2, 0) is 4.74 Å². The first-order valence-corrected chi connectivity index (χ1v) is 5.58. The Hall–Kier alpha value is -1.69. The van der Waals surface area contributed by atoms with Crippen LogP contribution < -0.4 is 11.1 Å². The molecule has 18 heavy (non-hydrogen) atoms. The number of halogens is 2. The highest BCUT2D eigenvalue weighted by molar-refractivity contribution is 5.95. The first kappa shape index (κ1) is 14.4. The zero-order valence-electron chi connectivity index (χ0n) is 10.1. The lowest BCUT2D eigenvalue weighted by atomic mass is 10.1. The molecule has 0 aliphatic carbocycles. The number of unbranched alkanes of at least 4 members (excludes halogenated alkanes) is 1. The molecular weight excluding hydrogens is 242 g/mol. The number of methoxy groups -OCH3 is 1. The average molecular weight is 258 g/mol. The molecule has 0 heterocycles. The molecule has 0 aromatic heterocycles. The highest BCUT2D eigenvalue weighted by atomic mass is 19.1. The van der Waals surface area contributed by atoms with Crippen LogP contribution in [0.5, 0.6) is 0 Å². The molecule has 100 valence electrons. The molecule has 0 bridgehead atoms. The van der Waals surface area contributed by atoms with Gasteiger partial charge in [-0.2, -0.15) is 0 Å². The molecule has 0 spiro atoms. The van der Waals surface area contributed by atoms with E-state index in [-0.39, 0.29) is 11.3 Å².